The van der Waals surface area contributed by atoms with E-state index in [-0.39, 0.29) is 0 Å². The summed E-state index contributed by atoms with van der Waals surface area (Å²) in [6, 6.07) is 15.5. The van der Waals surface area contributed by atoms with Crippen molar-refractivity contribution in [2.45, 2.75) is 0 Å². The van der Waals surface area contributed by atoms with Crippen molar-refractivity contribution in [2.24, 2.45) is 0 Å². The summed E-state index contributed by atoms with van der Waals surface area (Å²) in [6.07, 6.45) is 2.00. The third kappa shape index (κ3) is 2.89. The predicted molar refractivity (Wildman–Crippen MR) is 109 cm³/mol. The molecule has 0 aliphatic carbocycles. The second-order valence-corrected chi connectivity index (χ2v) is 6.37. The number of nitrogens with one attached hydrogen (secondary N) is 2. The van der Waals surface area contributed by atoms with Crippen LogP contribution in [0.3, 0.4) is 0 Å². The number of rotatable bonds is 5. The minimum absolute atomic E-state index is 0.588. The number of benzene rings is 2. The molecule has 2 aromatic carbocycles. The van der Waals surface area contributed by atoms with Crippen molar-refractivity contribution in [3.05, 3.63) is 54.7 Å². The molecule has 9 heteroatoms. The summed E-state index contributed by atoms with van der Waals surface area (Å²) in [7, 11) is 3.26. The topological polar surface area (TPSA) is 102 Å². The zero-order chi connectivity index (χ0) is 19.8. The Morgan fingerprint density at radius 2 is 1.93 bits per heavy atom. The van der Waals surface area contributed by atoms with Crippen LogP contribution in [0.25, 0.3) is 27.9 Å². The van der Waals surface area contributed by atoms with E-state index in [0.29, 0.717) is 17.4 Å². The molecule has 0 amide bonds. The van der Waals surface area contributed by atoms with Crippen molar-refractivity contribution in [1.82, 2.24) is 30.0 Å². The minimum Gasteiger partial charge on any atom is -0.497 e. The van der Waals surface area contributed by atoms with Crippen LogP contribution in [-0.4, -0.2) is 44.2 Å². The van der Waals surface area contributed by atoms with Gasteiger partial charge in [0.2, 0.25) is 0 Å². The molecule has 0 aliphatic heterocycles. The number of nitrogens with zero attached hydrogens (tertiary/aromatic N) is 5. The van der Waals surface area contributed by atoms with Gasteiger partial charge in [0.25, 0.3) is 0 Å². The van der Waals surface area contributed by atoms with E-state index in [2.05, 4.69) is 30.3 Å². The molecule has 5 rings (SSSR count). The molecule has 0 saturated carbocycles. The third-order valence-electron chi connectivity index (χ3n) is 4.74. The Hall–Kier alpha value is -4.14. The van der Waals surface area contributed by atoms with Crippen LogP contribution in [0.5, 0.6) is 11.5 Å². The van der Waals surface area contributed by atoms with E-state index in [4.69, 9.17) is 14.5 Å². The second-order valence-electron chi connectivity index (χ2n) is 6.37. The Morgan fingerprint density at radius 1 is 1.00 bits per heavy atom. The number of fused-ring (bicyclic) bond motifs is 3. The quantitative estimate of drug-likeness (QED) is 0.476. The fourth-order valence-corrected chi connectivity index (χ4v) is 3.34. The predicted octanol–water partition coefficient (Wildman–Crippen LogP) is 3.43. The standard InChI is InChI=1S/C20H17N7O2/c1-28-13-6-8-18(29-2)15(11-13)22-20-17-4-3-9-27(17)16-7-5-12(10-14(16)21-20)19-23-25-26-24-19/h3-11H,1-2H3,(H,21,22)(H,23,24,25,26). The Bertz CT molecular complexity index is 1310. The number of H-pyrrole nitrogens is 1. The normalized spacial score (nSPS) is 11.1. The van der Waals surface area contributed by atoms with E-state index in [1.807, 2.05) is 54.7 Å². The SMILES string of the molecule is COc1ccc(OC)c(Nc2nc3cc(-c4nnn[nH]4)ccc3n3cccc23)c1. The van der Waals surface area contributed by atoms with Crippen molar-refractivity contribution in [3.8, 4) is 22.9 Å². The largest absolute Gasteiger partial charge is 0.497 e. The Balaban J connectivity index is 1.67. The maximum absolute atomic E-state index is 5.49. The first-order valence-corrected chi connectivity index (χ1v) is 8.91. The van der Waals surface area contributed by atoms with E-state index in [9.17, 15) is 0 Å². The molecule has 9 nitrogen and oxygen atoms in total. The van der Waals surface area contributed by atoms with Crippen LogP contribution in [-0.2, 0) is 0 Å². The summed E-state index contributed by atoms with van der Waals surface area (Å²) in [5.74, 6) is 2.70. The minimum atomic E-state index is 0.588. The molecule has 0 unspecified atom stereocenters. The van der Waals surface area contributed by atoms with Gasteiger partial charge in [0.05, 0.1) is 36.5 Å². The molecule has 5 aromatic rings. The van der Waals surface area contributed by atoms with E-state index < -0.39 is 0 Å². The average molecular weight is 387 g/mol. The highest BCUT2D eigenvalue weighted by molar-refractivity contribution is 5.89. The Labute approximate surface area is 165 Å². The van der Waals surface area contributed by atoms with Gasteiger partial charge >= 0.3 is 0 Å². The molecular weight excluding hydrogens is 370 g/mol. The first-order chi connectivity index (χ1) is 14.3. The highest BCUT2D eigenvalue weighted by Crippen LogP contribution is 2.33. The van der Waals surface area contributed by atoms with Crippen LogP contribution in [0.2, 0.25) is 0 Å². The first kappa shape index (κ1) is 17.0. The smallest absolute Gasteiger partial charge is 0.179 e. The van der Waals surface area contributed by atoms with Crippen molar-refractivity contribution in [2.75, 3.05) is 19.5 Å². The van der Waals surface area contributed by atoms with Gasteiger partial charge < -0.3 is 19.2 Å². The number of aromatic nitrogens is 6. The lowest BCUT2D eigenvalue weighted by atomic mass is 10.2. The number of hydrogen-bond donors (Lipinski definition) is 2. The highest BCUT2D eigenvalue weighted by atomic mass is 16.5. The Kier molecular flexibility index (Phi) is 3.98. The molecule has 0 bridgehead atoms. The maximum atomic E-state index is 5.49. The molecule has 3 heterocycles. The van der Waals surface area contributed by atoms with Crippen LogP contribution in [0.15, 0.2) is 54.7 Å². The van der Waals surface area contributed by atoms with E-state index in [0.717, 1.165) is 33.6 Å². The highest BCUT2D eigenvalue weighted by Gasteiger charge is 2.13. The van der Waals surface area contributed by atoms with Crippen LogP contribution in [0.1, 0.15) is 0 Å². The molecule has 3 aromatic heterocycles. The van der Waals surface area contributed by atoms with Crippen LogP contribution < -0.4 is 14.8 Å². The lowest BCUT2D eigenvalue weighted by Crippen LogP contribution is -2.01. The number of methoxy groups -OCH3 is 2. The van der Waals surface area contributed by atoms with Gasteiger partial charge in [-0.2, -0.15) is 0 Å². The summed E-state index contributed by atoms with van der Waals surface area (Å²) in [6.45, 7) is 0. The zero-order valence-corrected chi connectivity index (χ0v) is 15.7. The van der Waals surface area contributed by atoms with Gasteiger partial charge in [0, 0.05) is 17.8 Å². The van der Waals surface area contributed by atoms with E-state index in [1.165, 1.54) is 0 Å². The molecule has 2 N–H and O–H groups in total. The lowest BCUT2D eigenvalue weighted by Gasteiger charge is -2.14. The number of tetrazole rings is 1. The molecule has 144 valence electrons. The Morgan fingerprint density at radius 3 is 2.72 bits per heavy atom. The molecular formula is C20H17N7O2. The van der Waals surface area contributed by atoms with Crippen LogP contribution >= 0.6 is 0 Å². The first-order valence-electron chi connectivity index (χ1n) is 8.91. The van der Waals surface area contributed by atoms with Gasteiger partial charge in [0.1, 0.15) is 11.5 Å². The summed E-state index contributed by atoms with van der Waals surface area (Å²) in [4.78, 5) is 4.86. The summed E-state index contributed by atoms with van der Waals surface area (Å²) in [5.41, 5.74) is 4.33. The van der Waals surface area contributed by atoms with Gasteiger partial charge in [-0.1, -0.05) is 0 Å². The molecule has 0 radical (unpaired) electrons. The van der Waals surface area contributed by atoms with Crippen LogP contribution in [0, 0.1) is 0 Å². The molecule has 0 fully saturated rings. The monoisotopic (exact) mass is 387 g/mol. The summed E-state index contributed by atoms with van der Waals surface area (Å²) >= 11 is 0. The van der Waals surface area contributed by atoms with Gasteiger partial charge in [-0.25, -0.2) is 10.1 Å². The van der Waals surface area contributed by atoms with Crippen molar-refractivity contribution < 1.29 is 9.47 Å². The third-order valence-corrected chi connectivity index (χ3v) is 4.74. The lowest BCUT2D eigenvalue weighted by molar-refractivity contribution is 0.405. The van der Waals surface area contributed by atoms with Gasteiger partial charge in [-0.3, -0.25) is 0 Å². The second kappa shape index (κ2) is 6.79. The molecule has 0 spiro atoms. The van der Waals surface area contributed by atoms with Crippen molar-refractivity contribution in [3.63, 3.8) is 0 Å². The van der Waals surface area contributed by atoms with Gasteiger partial charge in [-0.05, 0) is 52.9 Å². The summed E-state index contributed by atoms with van der Waals surface area (Å²) < 4.78 is 12.9. The van der Waals surface area contributed by atoms with E-state index >= 15 is 0 Å². The van der Waals surface area contributed by atoms with Crippen molar-refractivity contribution in [1.29, 1.82) is 0 Å². The van der Waals surface area contributed by atoms with Gasteiger partial charge in [0.15, 0.2) is 11.6 Å². The molecule has 0 saturated heterocycles. The number of aromatic amines is 1. The summed E-state index contributed by atoms with van der Waals surface area (Å²) in [5, 5.41) is 17.4. The van der Waals surface area contributed by atoms with E-state index in [1.54, 1.807) is 14.2 Å². The molecule has 0 aliphatic rings. The van der Waals surface area contributed by atoms with Crippen molar-refractivity contribution >= 4 is 28.1 Å². The number of anilines is 2. The fourth-order valence-electron chi connectivity index (χ4n) is 3.34. The molecule has 29 heavy (non-hydrogen) atoms. The zero-order valence-electron chi connectivity index (χ0n) is 15.7. The average Bonchev–Trinajstić information content (AvgIpc) is 3.45. The van der Waals surface area contributed by atoms with Crippen LogP contribution in [0.4, 0.5) is 11.5 Å². The fraction of sp³-hybridized carbons (Fsp3) is 0.100. The maximum Gasteiger partial charge on any atom is 0.179 e. The van der Waals surface area contributed by atoms with Gasteiger partial charge in [-0.15, -0.1) is 5.10 Å². The number of hydrogen-bond acceptors (Lipinski definition) is 7. The molecule has 0 atom stereocenters. The number of ether oxygens (including phenoxy) is 2.